The molecule has 2 aromatic rings. The molecule has 0 fully saturated rings. The zero-order valence-corrected chi connectivity index (χ0v) is 13.1. The molecule has 0 aliphatic carbocycles. The van der Waals surface area contributed by atoms with Crippen LogP contribution in [0.5, 0.6) is 5.75 Å². The molecule has 0 aliphatic heterocycles. The van der Waals surface area contributed by atoms with E-state index in [9.17, 15) is 5.11 Å². The molecular weight excluding hydrogens is 284 g/mol. The lowest BCUT2D eigenvalue weighted by atomic mass is 10.1. The predicted octanol–water partition coefficient (Wildman–Crippen LogP) is 2.99. The number of phenols is 1. The first-order valence-corrected chi connectivity index (χ1v) is 8.12. The lowest BCUT2D eigenvalue weighted by Crippen LogP contribution is -2.09. The highest BCUT2D eigenvalue weighted by molar-refractivity contribution is 7.98. The summed E-state index contributed by atoms with van der Waals surface area (Å²) in [6.07, 6.45) is 2.83. The monoisotopic (exact) mass is 304 g/mol. The molecule has 0 saturated carbocycles. The zero-order chi connectivity index (χ0) is 15.1. The van der Waals surface area contributed by atoms with Gasteiger partial charge in [-0.2, -0.15) is 0 Å². The summed E-state index contributed by atoms with van der Waals surface area (Å²) in [6.45, 7) is 3.65. The molecule has 2 rings (SSSR count). The van der Waals surface area contributed by atoms with Crippen molar-refractivity contribution in [3.8, 4) is 5.75 Å². The van der Waals surface area contributed by atoms with Gasteiger partial charge in [-0.3, -0.25) is 0 Å². The van der Waals surface area contributed by atoms with Gasteiger partial charge in [-0.15, -0.1) is 0 Å². The van der Waals surface area contributed by atoms with Crippen molar-refractivity contribution in [2.75, 3.05) is 30.0 Å². The van der Waals surface area contributed by atoms with Crippen LogP contribution >= 0.6 is 11.8 Å². The Morgan fingerprint density at radius 3 is 2.38 bits per heavy atom. The zero-order valence-electron chi connectivity index (χ0n) is 12.3. The first-order valence-electron chi connectivity index (χ1n) is 6.90. The molecule has 0 spiro atoms. The minimum absolute atomic E-state index is 0.294. The van der Waals surface area contributed by atoms with Crippen LogP contribution in [0, 0.1) is 0 Å². The van der Waals surface area contributed by atoms with Crippen molar-refractivity contribution < 1.29 is 5.11 Å². The summed E-state index contributed by atoms with van der Waals surface area (Å²) in [5.74, 6) is 1.95. The summed E-state index contributed by atoms with van der Waals surface area (Å²) >= 11 is 1.52. The Bertz CT molecular complexity index is 574. The van der Waals surface area contributed by atoms with Crippen molar-refractivity contribution in [3.63, 3.8) is 0 Å². The molecule has 0 unspecified atom stereocenters. The standard InChI is InChI=1S/C15H20N4OS/c1-3-16-13-10-14(19-15(18-13)21-2)17-9-8-11-4-6-12(20)7-5-11/h4-7,10,20H,3,8-9H2,1-2H3,(H2,16,17,18,19). The number of thioether (sulfide) groups is 1. The molecule has 1 aromatic heterocycles. The molecular formula is C15H20N4OS. The molecule has 1 heterocycles. The van der Waals surface area contributed by atoms with Crippen LogP contribution in [0.3, 0.4) is 0 Å². The van der Waals surface area contributed by atoms with Crippen LogP contribution in [0.1, 0.15) is 12.5 Å². The number of aromatic hydroxyl groups is 1. The minimum atomic E-state index is 0.294. The average Bonchev–Trinajstić information content (AvgIpc) is 2.49. The Morgan fingerprint density at radius 1 is 1.10 bits per heavy atom. The largest absolute Gasteiger partial charge is 0.508 e. The van der Waals surface area contributed by atoms with Crippen molar-refractivity contribution >= 4 is 23.4 Å². The van der Waals surface area contributed by atoms with Gasteiger partial charge in [-0.25, -0.2) is 9.97 Å². The number of benzene rings is 1. The summed E-state index contributed by atoms with van der Waals surface area (Å²) in [5, 5.41) is 16.5. The fourth-order valence-corrected chi connectivity index (χ4v) is 2.26. The van der Waals surface area contributed by atoms with Gasteiger partial charge in [0.25, 0.3) is 0 Å². The summed E-state index contributed by atoms with van der Waals surface area (Å²) < 4.78 is 0. The summed E-state index contributed by atoms with van der Waals surface area (Å²) in [5.41, 5.74) is 1.17. The molecule has 0 amide bonds. The average molecular weight is 304 g/mol. The van der Waals surface area contributed by atoms with E-state index in [0.29, 0.717) is 5.75 Å². The second-order valence-electron chi connectivity index (χ2n) is 4.50. The fraction of sp³-hybridized carbons (Fsp3) is 0.333. The molecule has 0 bridgehead atoms. The second kappa shape index (κ2) is 7.73. The quantitative estimate of drug-likeness (QED) is 0.539. The molecule has 5 nitrogen and oxygen atoms in total. The van der Waals surface area contributed by atoms with Gasteiger partial charge in [0.2, 0.25) is 0 Å². The Hall–Kier alpha value is -1.95. The van der Waals surface area contributed by atoms with Crippen LogP contribution in [-0.4, -0.2) is 34.4 Å². The highest BCUT2D eigenvalue weighted by atomic mass is 32.2. The van der Waals surface area contributed by atoms with Crippen LogP contribution in [0.4, 0.5) is 11.6 Å². The number of rotatable bonds is 7. The van der Waals surface area contributed by atoms with E-state index in [1.54, 1.807) is 12.1 Å². The molecule has 0 atom stereocenters. The van der Waals surface area contributed by atoms with Crippen LogP contribution in [0.2, 0.25) is 0 Å². The smallest absolute Gasteiger partial charge is 0.191 e. The predicted molar refractivity (Wildman–Crippen MR) is 88.3 cm³/mol. The number of phenolic OH excluding ortho intramolecular Hbond substituents is 1. The normalized spacial score (nSPS) is 10.4. The second-order valence-corrected chi connectivity index (χ2v) is 5.27. The summed E-state index contributed by atoms with van der Waals surface area (Å²) in [7, 11) is 0. The van der Waals surface area contributed by atoms with E-state index in [4.69, 9.17) is 0 Å². The topological polar surface area (TPSA) is 70.1 Å². The van der Waals surface area contributed by atoms with Crippen LogP contribution in [-0.2, 0) is 6.42 Å². The van der Waals surface area contributed by atoms with E-state index in [-0.39, 0.29) is 0 Å². The van der Waals surface area contributed by atoms with Crippen molar-refractivity contribution in [1.29, 1.82) is 0 Å². The van der Waals surface area contributed by atoms with Gasteiger partial charge in [-0.1, -0.05) is 23.9 Å². The molecule has 112 valence electrons. The Morgan fingerprint density at radius 2 is 1.76 bits per heavy atom. The Kier molecular flexibility index (Phi) is 5.68. The van der Waals surface area contributed by atoms with Crippen molar-refractivity contribution in [1.82, 2.24) is 9.97 Å². The molecule has 6 heteroatoms. The van der Waals surface area contributed by atoms with Gasteiger partial charge in [0.1, 0.15) is 17.4 Å². The minimum Gasteiger partial charge on any atom is -0.508 e. The Labute approximate surface area is 129 Å². The summed E-state index contributed by atoms with van der Waals surface area (Å²) in [6, 6.07) is 9.17. The highest BCUT2D eigenvalue weighted by Gasteiger charge is 2.03. The maximum absolute atomic E-state index is 9.26. The third-order valence-electron chi connectivity index (χ3n) is 2.90. The van der Waals surface area contributed by atoms with Gasteiger partial charge in [-0.05, 0) is 37.3 Å². The van der Waals surface area contributed by atoms with Gasteiger partial charge >= 0.3 is 0 Å². The number of hydrogen-bond donors (Lipinski definition) is 3. The molecule has 0 aliphatic rings. The number of nitrogens with one attached hydrogen (secondary N) is 2. The van der Waals surface area contributed by atoms with Crippen molar-refractivity contribution in [2.24, 2.45) is 0 Å². The third kappa shape index (κ3) is 4.82. The lowest BCUT2D eigenvalue weighted by molar-refractivity contribution is 0.475. The maximum Gasteiger partial charge on any atom is 0.191 e. The van der Waals surface area contributed by atoms with E-state index in [2.05, 4.69) is 20.6 Å². The number of hydrogen-bond acceptors (Lipinski definition) is 6. The van der Waals surface area contributed by atoms with E-state index >= 15 is 0 Å². The molecule has 0 radical (unpaired) electrons. The van der Waals surface area contributed by atoms with Crippen molar-refractivity contribution in [3.05, 3.63) is 35.9 Å². The van der Waals surface area contributed by atoms with Crippen LogP contribution in [0.15, 0.2) is 35.5 Å². The molecule has 21 heavy (non-hydrogen) atoms. The molecule has 0 saturated heterocycles. The fourth-order valence-electron chi connectivity index (χ4n) is 1.88. The first kappa shape index (κ1) is 15.4. The number of aromatic nitrogens is 2. The van der Waals surface area contributed by atoms with Crippen molar-refractivity contribution in [2.45, 2.75) is 18.5 Å². The van der Waals surface area contributed by atoms with Gasteiger partial charge in [0, 0.05) is 19.2 Å². The molecule has 3 N–H and O–H groups in total. The highest BCUT2D eigenvalue weighted by Crippen LogP contribution is 2.17. The summed E-state index contributed by atoms with van der Waals surface area (Å²) in [4.78, 5) is 8.83. The van der Waals surface area contributed by atoms with E-state index in [0.717, 1.165) is 36.3 Å². The van der Waals surface area contributed by atoms with E-state index in [1.807, 2.05) is 31.4 Å². The van der Waals surface area contributed by atoms with Crippen LogP contribution in [0.25, 0.3) is 0 Å². The molecule has 1 aromatic carbocycles. The van der Waals surface area contributed by atoms with E-state index in [1.165, 1.54) is 17.3 Å². The number of nitrogens with zero attached hydrogens (tertiary/aromatic N) is 2. The van der Waals surface area contributed by atoms with E-state index < -0.39 is 0 Å². The lowest BCUT2D eigenvalue weighted by Gasteiger charge is -2.09. The maximum atomic E-state index is 9.26. The van der Waals surface area contributed by atoms with Gasteiger partial charge < -0.3 is 15.7 Å². The SMILES string of the molecule is CCNc1cc(NCCc2ccc(O)cc2)nc(SC)n1. The van der Waals surface area contributed by atoms with Gasteiger partial charge in [0.15, 0.2) is 5.16 Å². The first-order chi connectivity index (χ1) is 10.2. The van der Waals surface area contributed by atoms with Gasteiger partial charge in [0.05, 0.1) is 0 Å². The van der Waals surface area contributed by atoms with Crippen LogP contribution < -0.4 is 10.6 Å². The third-order valence-corrected chi connectivity index (χ3v) is 3.45. The Balaban J connectivity index is 1.95. The number of anilines is 2.